The first-order valence-corrected chi connectivity index (χ1v) is 5.86. The predicted molar refractivity (Wildman–Crippen MR) is 54.1 cm³/mol. The minimum absolute atomic E-state index is 0.384. The lowest BCUT2D eigenvalue weighted by atomic mass is 10.3. The summed E-state index contributed by atoms with van der Waals surface area (Å²) in [4.78, 5) is 10.3. The fraction of sp³-hybridized carbons (Fsp3) is 0.222. The number of rotatable bonds is 4. The van der Waals surface area contributed by atoms with E-state index >= 15 is 0 Å². The Hall–Kier alpha value is -1.47. The van der Waals surface area contributed by atoms with E-state index in [0.29, 0.717) is 0 Å². The van der Waals surface area contributed by atoms with Gasteiger partial charge in [-0.2, -0.15) is 0 Å². The van der Waals surface area contributed by atoms with Gasteiger partial charge in [0.15, 0.2) is 15.1 Å². The molecule has 0 radical (unpaired) electrons. The number of aliphatic carboxylic acids is 1. The van der Waals surface area contributed by atoms with Gasteiger partial charge in [-0.1, -0.05) is 6.07 Å². The topological polar surface area (TPSA) is 97.5 Å². The third kappa shape index (κ3) is 2.37. The third-order valence-electron chi connectivity index (χ3n) is 1.99. The molecule has 0 heterocycles. The van der Waals surface area contributed by atoms with Crippen LogP contribution in [0.2, 0.25) is 0 Å². The molecule has 5 nitrogen and oxygen atoms in total. The summed E-state index contributed by atoms with van der Waals surface area (Å²) in [6, 6.07) is 4.15. The van der Waals surface area contributed by atoms with Gasteiger partial charge in [0.05, 0.1) is 4.90 Å². The van der Waals surface area contributed by atoms with Gasteiger partial charge in [-0.25, -0.2) is 12.8 Å². The van der Waals surface area contributed by atoms with E-state index in [2.05, 4.69) is 0 Å². The molecule has 3 N–H and O–H groups in total. The molecule has 1 unspecified atom stereocenters. The van der Waals surface area contributed by atoms with Crippen LogP contribution in [0, 0.1) is 5.82 Å². The van der Waals surface area contributed by atoms with Gasteiger partial charge in [-0.3, -0.25) is 4.79 Å². The Labute approximate surface area is 91.6 Å². The maximum Gasteiger partial charge on any atom is 0.323 e. The number of carboxylic acids is 1. The van der Waals surface area contributed by atoms with Crippen LogP contribution in [0.5, 0.6) is 0 Å². The molecule has 0 aliphatic heterocycles. The van der Waals surface area contributed by atoms with Crippen LogP contribution in [-0.4, -0.2) is 31.3 Å². The lowest BCUT2D eigenvalue weighted by molar-refractivity contribution is -0.136. The molecule has 0 aromatic heterocycles. The standard InChI is InChI=1S/C9H10FNO4S/c10-6-2-1-3-7(4-6)16(14,15)8(5-11)9(12)13/h1-4,8H,5,11H2,(H,12,13). The van der Waals surface area contributed by atoms with Gasteiger partial charge in [0.25, 0.3) is 0 Å². The molecule has 0 aliphatic rings. The molecule has 0 bridgehead atoms. The van der Waals surface area contributed by atoms with Gasteiger partial charge in [-0.15, -0.1) is 0 Å². The highest BCUT2D eigenvalue weighted by molar-refractivity contribution is 7.92. The summed E-state index contributed by atoms with van der Waals surface area (Å²) >= 11 is 0. The Kier molecular flexibility index (Phi) is 3.61. The Balaban J connectivity index is 3.25. The highest BCUT2D eigenvalue weighted by Gasteiger charge is 2.32. The largest absolute Gasteiger partial charge is 0.480 e. The van der Waals surface area contributed by atoms with Crippen LogP contribution in [0.1, 0.15) is 0 Å². The summed E-state index contributed by atoms with van der Waals surface area (Å²) in [5.41, 5.74) is 5.08. The van der Waals surface area contributed by atoms with Gasteiger partial charge in [-0.05, 0) is 18.2 Å². The zero-order chi connectivity index (χ0) is 12.3. The summed E-state index contributed by atoms with van der Waals surface area (Å²) in [7, 11) is -4.14. The number of hydrogen-bond acceptors (Lipinski definition) is 4. The van der Waals surface area contributed by atoms with Crippen LogP contribution < -0.4 is 5.73 Å². The summed E-state index contributed by atoms with van der Waals surface area (Å²) in [6.07, 6.45) is 0. The van der Waals surface area contributed by atoms with Crippen molar-refractivity contribution >= 4 is 15.8 Å². The van der Waals surface area contributed by atoms with Gasteiger partial charge < -0.3 is 10.8 Å². The lowest BCUT2D eigenvalue weighted by Gasteiger charge is -2.11. The van der Waals surface area contributed by atoms with E-state index in [1.165, 1.54) is 6.07 Å². The third-order valence-corrected chi connectivity index (χ3v) is 4.04. The van der Waals surface area contributed by atoms with Crippen LogP contribution in [0.25, 0.3) is 0 Å². The average Bonchev–Trinajstić information content (AvgIpc) is 2.17. The van der Waals surface area contributed by atoms with Crippen LogP contribution in [-0.2, 0) is 14.6 Å². The van der Waals surface area contributed by atoms with Crippen molar-refractivity contribution in [2.24, 2.45) is 5.73 Å². The maximum absolute atomic E-state index is 12.8. The van der Waals surface area contributed by atoms with Gasteiger partial charge in [0.2, 0.25) is 0 Å². The minimum atomic E-state index is -4.14. The highest BCUT2D eigenvalue weighted by Crippen LogP contribution is 2.16. The van der Waals surface area contributed by atoms with Gasteiger partial charge in [0, 0.05) is 6.54 Å². The van der Waals surface area contributed by atoms with E-state index in [9.17, 15) is 17.6 Å². The van der Waals surface area contributed by atoms with E-state index in [1.54, 1.807) is 0 Å². The fourth-order valence-corrected chi connectivity index (χ4v) is 2.56. The first kappa shape index (κ1) is 12.6. The number of benzene rings is 1. The van der Waals surface area contributed by atoms with Crippen molar-refractivity contribution in [3.63, 3.8) is 0 Å². The van der Waals surface area contributed by atoms with E-state index in [1.807, 2.05) is 0 Å². The first-order chi connectivity index (χ1) is 7.39. The molecule has 0 saturated carbocycles. The molecule has 0 aliphatic carbocycles. The van der Waals surface area contributed by atoms with Gasteiger partial charge >= 0.3 is 5.97 Å². The highest BCUT2D eigenvalue weighted by atomic mass is 32.2. The molecular formula is C9H10FNO4S. The van der Waals surface area contributed by atoms with Crippen LogP contribution in [0.15, 0.2) is 29.2 Å². The summed E-state index contributed by atoms with van der Waals surface area (Å²) in [5, 5.41) is 6.93. The van der Waals surface area contributed by atoms with E-state index in [0.717, 1.165) is 18.2 Å². The number of halogens is 1. The zero-order valence-electron chi connectivity index (χ0n) is 8.13. The van der Waals surface area contributed by atoms with Gasteiger partial charge in [0.1, 0.15) is 5.82 Å². The van der Waals surface area contributed by atoms with Crippen molar-refractivity contribution in [1.29, 1.82) is 0 Å². The number of sulfone groups is 1. The molecule has 1 rings (SSSR count). The SMILES string of the molecule is NCC(C(=O)O)S(=O)(=O)c1cccc(F)c1. The summed E-state index contributed by atoms with van der Waals surface area (Å²) in [6.45, 7) is -0.561. The molecule has 1 aromatic carbocycles. The fourth-order valence-electron chi connectivity index (χ4n) is 1.17. The number of carboxylic acid groups (broad SMARTS) is 1. The quantitative estimate of drug-likeness (QED) is 0.781. The molecule has 0 saturated heterocycles. The van der Waals surface area contributed by atoms with Crippen LogP contribution >= 0.6 is 0 Å². The van der Waals surface area contributed by atoms with E-state index in [4.69, 9.17) is 10.8 Å². The van der Waals surface area contributed by atoms with Crippen LogP contribution in [0.4, 0.5) is 4.39 Å². The summed E-state index contributed by atoms with van der Waals surface area (Å²) in [5.74, 6) is -2.30. The van der Waals surface area contributed by atoms with Crippen LogP contribution in [0.3, 0.4) is 0 Å². The Morgan fingerprint density at radius 1 is 1.50 bits per heavy atom. The zero-order valence-corrected chi connectivity index (χ0v) is 8.95. The number of carbonyl (C=O) groups is 1. The van der Waals surface area contributed by atoms with Crippen molar-refractivity contribution < 1.29 is 22.7 Å². The molecule has 1 atom stereocenters. The minimum Gasteiger partial charge on any atom is -0.480 e. The monoisotopic (exact) mass is 247 g/mol. The molecule has 1 aromatic rings. The molecule has 88 valence electrons. The molecular weight excluding hydrogens is 237 g/mol. The molecule has 0 spiro atoms. The van der Waals surface area contributed by atoms with E-state index < -0.39 is 33.4 Å². The Bertz CT molecular complexity index is 500. The second kappa shape index (κ2) is 4.58. The first-order valence-electron chi connectivity index (χ1n) is 4.32. The number of hydrogen-bond donors (Lipinski definition) is 2. The molecule has 0 fully saturated rings. The van der Waals surface area contributed by atoms with Crippen molar-refractivity contribution in [2.75, 3.05) is 6.54 Å². The van der Waals surface area contributed by atoms with E-state index in [-0.39, 0.29) is 4.90 Å². The predicted octanol–water partition coefficient (Wildman–Crippen LogP) is 0.0113. The van der Waals surface area contributed by atoms with Crippen molar-refractivity contribution in [1.82, 2.24) is 0 Å². The maximum atomic E-state index is 12.8. The van der Waals surface area contributed by atoms with Crippen molar-refractivity contribution in [2.45, 2.75) is 10.1 Å². The second-order valence-corrected chi connectivity index (χ2v) is 5.20. The molecule has 0 amide bonds. The number of nitrogens with two attached hydrogens (primary N) is 1. The van der Waals surface area contributed by atoms with Crippen molar-refractivity contribution in [3.8, 4) is 0 Å². The molecule has 7 heteroatoms. The van der Waals surface area contributed by atoms with Crippen molar-refractivity contribution in [3.05, 3.63) is 30.1 Å². The smallest absolute Gasteiger partial charge is 0.323 e. The normalized spacial score (nSPS) is 13.4. The Morgan fingerprint density at radius 2 is 2.12 bits per heavy atom. The Morgan fingerprint density at radius 3 is 2.56 bits per heavy atom. The second-order valence-electron chi connectivity index (χ2n) is 3.06. The molecule has 16 heavy (non-hydrogen) atoms. The summed E-state index contributed by atoms with van der Waals surface area (Å²) < 4.78 is 36.3. The lowest BCUT2D eigenvalue weighted by Crippen LogP contribution is -2.37. The average molecular weight is 247 g/mol.